The Morgan fingerprint density at radius 3 is 2.15 bits per heavy atom. The first-order chi connectivity index (χ1) is 18.3. The number of anilines is 1. The molecule has 3 aromatic rings. The fourth-order valence-corrected chi connectivity index (χ4v) is 5.71. The molecule has 3 atom stereocenters. The number of ether oxygens (including phenoxy) is 1. The molecule has 0 spiro atoms. The number of fused-ring (bicyclic) bond motifs is 1. The van der Waals surface area contributed by atoms with Gasteiger partial charge in [0.15, 0.2) is 15.6 Å². The second-order valence-electron chi connectivity index (χ2n) is 10.8. The monoisotopic (exact) mass is 553 g/mol. The van der Waals surface area contributed by atoms with Crippen LogP contribution in [0.15, 0.2) is 71.6 Å². The number of Topliss-reactive ketones (excluding diaryl/α,β-unsaturated/α-hetero) is 1. The highest BCUT2D eigenvalue weighted by Crippen LogP contribution is 2.27. The van der Waals surface area contributed by atoms with E-state index in [0.29, 0.717) is 12.1 Å². The summed E-state index contributed by atoms with van der Waals surface area (Å²) in [5, 5.41) is 0.653. The Kier molecular flexibility index (Phi) is 9.53. The quantitative estimate of drug-likeness (QED) is 0.320. The molecular weight excluding hydrogens is 514 g/mol. The zero-order valence-corrected chi connectivity index (χ0v) is 24.1. The smallest absolute Gasteiger partial charge is 0.415 e. The SMILES string of the molecule is CCCCC(N)C(N)S(=O)(=O)c1ccc(C(=O)[C@H](C)N(C(=O)OC(C)(C)C)c2ccc3ccccc3c2)cc1. The summed E-state index contributed by atoms with van der Waals surface area (Å²) in [6.07, 6.45) is 1.50. The predicted molar refractivity (Wildman–Crippen MR) is 156 cm³/mol. The number of nitrogens with zero attached hydrogens (tertiary/aromatic N) is 1. The number of ketones is 1. The molecule has 2 unspecified atom stereocenters. The highest BCUT2D eigenvalue weighted by Gasteiger charge is 2.33. The molecule has 0 aromatic heterocycles. The Morgan fingerprint density at radius 1 is 0.949 bits per heavy atom. The van der Waals surface area contributed by atoms with E-state index in [9.17, 15) is 18.0 Å². The minimum absolute atomic E-state index is 0.00956. The fourth-order valence-electron chi connectivity index (χ4n) is 4.28. The molecule has 8 nitrogen and oxygen atoms in total. The lowest BCUT2D eigenvalue weighted by molar-refractivity contribution is 0.0557. The first kappa shape index (κ1) is 30.3. The van der Waals surface area contributed by atoms with Crippen LogP contribution in [0.5, 0.6) is 0 Å². The number of hydrogen-bond donors (Lipinski definition) is 2. The van der Waals surface area contributed by atoms with Gasteiger partial charge in [0.25, 0.3) is 0 Å². The van der Waals surface area contributed by atoms with Crippen LogP contribution in [-0.2, 0) is 14.6 Å². The molecule has 210 valence electrons. The van der Waals surface area contributed by atoms with Crippen LogP contribution in [0.4, 0.5) is 10.5 Å². The van der Waals surface area contributed by atoms with Crippen molar-refractivity contribution in [3.05, 3.63) is 72.3 Å². The number of carbonyl (C=O) groups is 2. The van der Waals surface area contributed by atoms with Crippen LogP contribution in [0, 0.1) is 0 Å². The van der Waals surface area contributed by atoms with Crippen molar-refractivity contribution in [2.45, 2.75) is 81.8 Å². The van der Waals surface area contributed by atoms with Gasteiger partial charge < -0.3 is 16.2 Å². The average Bonchev–Trinajstić information content (AvgIpc) is 2.89. The zero-order chi connectivity index (χ0) is 29.0. The Balaban J connectivity index is 1.91. The molecule has 0 aliphatic carbocycles. The number of hydrogen-bond acceptors (Lipinski definition) is 7. The Labute approximate surface area is 231 Å². The molecule has 39 heavy (non-hydrogen) atoms. The minimum Gasteiger partial charge on any atom is -0.443 e. The number of sulfone groups is 1. The van der Waals surface area contributed by atoms with Crippen LogP contribution in [0.1, 0.15) is 64.2 Å². The Bertz CT molecular complexity index is 1410. The molecule has 0 aliphatic heterocycles. The van der Waals surface area contributed by atoms with Crippen LogP contribution in [0.3, 0.4) is 0 Å². The molecule has 9 heteroatoms. The normalized spacial score (nSPS) is 14.4. The summed E-state index contributed by atoms with van der Waals surface area (Å²) in [5.41, 5.74) is 12.0. The summed E-state index contributed by atoms with van der Waals surface area (Å²) < 4.78 is 31.7. The van der Waals surface area contributed by atoms with Gasteiger partial charge in [-0.05, 0) is 69.2 Å². The molecule has 0 fully saturated rings. The number of benzene rings is 3. The molecule has 0 heterocycles. The third-order valence-corrected chi connectivity index (χ3v) is 8.50. The van der Waals surface area contributed by atoms with E-state index in [2.05, 4.69) is 0 Å². The van der Waals surface area contributed by atoms with Gasteiger partial charge in [-0.15, -0.1) is 0 Å². The van der Waals surface area contributed by atoms with E-state index in [1.165, 1.54) is 29.2 Å². The summed E-state index contributed by atoms with van der Waals surface area (Å²) in [6.45, 7) is 8.89. The Morgan fingerprint density at radius 2 is 1.56 bits per heavy atom. The third-order valence-electron chi connectivity index (χ3n) is 6.51. The van der Waals surface area contributed by atoms with Crippen LogP contribution in [0.2, 0.25) is 0 Å². The highest BCUT2D eigenvalue weighted by molar-refractivity contribution is 7.92. The van der Waals surface area contributed by atoms with Crippen LogP contribution in [-0.4, -0.2) is 43.4 Å². The van der Waals surface area contributed by atoms with E-state index >= 15 is 0 Å². The van der Waals surface area contributed by atoms with Gasteiger partial charge in [-0.1, -0.05) is 62.2 Å². The lowest BCUT2D eigenvalue weighted by Gasteiger charge is -2.31. The summed E-state index contributed by atoms with van der Waals surface area (Å²) in [7, 11) is -3.89. The van der Waals surface area contributed by atoms with Crippen molar-refractivity contribution in [3.63, 3.8) is 0 Å². The fraction of sp³-hybridized carbons (Fsp3) is 0.400. The third kappa shape index (κ3) is 7.23. The maximum absolute atomic E-state index is 13.6. The van der Waals surface area contributed by atoms with Gasteiger partial charge in [0.1, 0.15) is 17.0 Å². The molecule has 0 saturated heterocycles. The van der Waals surface area contributed by atoms with E-state index in [0.717, 1.165) is 23.6 Å². The number of carbonyl (C=O) groups excluding carboxylic acids is 2. The first-order valence-corrected chi connectivity index (χ1v) is 14.7. The maximum atomic E-state index is 13.6. The second-order valence-corrected chi connectivity index (χ2v) is 12.9. The molecule has 0 bridgehead atoms. The Hall–Kier alpha value is -3.27. The van der Waals surface area contributed by atoms with Crippen LogP contribution < -0.4 is 16.4 Å². The largest absolute Gasteiger partial charge is 0.443 e. The van der Waals surface area contributed by atoms with Crippen molar-refractivity contribution < 1.29 is 22.7 Å². The van der Waals surface area contributed by atoms with E-state index in [1.807, 2.05) is 43.3 Å². The van der Waals surface area contributed by atoms with Crippen molar-refractivity contribution in [2.75, 3.05) is 4.90 Å². The van der Waals surface area contributed by atoms with Gasteiger partial charge in [-0.2, -0.15) is 0 Å². The number of rotatable bonds is 10. The van der Waals surface area contributed by atoms with Gasteiger partial charge in [-0.25, -0.2) is 13.2 Å². The standard InChI is InChI=1S/C30H39N3O5S/c1-6-7-12-26(31)28(32)39(36,37)25-17-14-22(15-18-25)27(34)20(2)33(29(35)38-30(3,4)5)24-16-13-21-10-8-9-11-23(21)19-24/h8-11,13-20,26,28H,6-7,12,31-32H2,1-5H3/t20-,26?,28?/m0/s1. The van der Waals surface area contributed by atoms with E-state index in [4.69, 9.17) is 16.2 Å². The van der Waals surface area contributed by atoms with Crippen molar-refractivity contribution in [1.29, 1.82) is 0 Å². The molecule has 3 aromatic carbocycles. The minimum atomic E-state index is -3.89. The first-order valence-electron chi connectivity index (χ1n) is 13.2. The second kappa shape index (κ2) is 12.3. The topological polar surface area (TPSA) is 133 Å². The van der Waals surface area contributed by atoms with E-state index in [1.54, 1.807) is 33.8 Å². The summed E-state index contributed by atoms with van der Waals surface area (Å²) in [4.78, 5) is 28.2. The molecule has 0 saturated carbocycles. The van der Waals surface area contributed by atoms with Crippen LogP contribution in [0.25, 0.3) is 10.8 Å². The van der Waals surface area contributed by atoms with Gasteiger partial charge in [-0.3, -0.25) is 9.69 Å². The van der Waals surface area contributed by atoms with E-state index < -0.39 is 39.0 Å². The van der Waals surface area contributed by atoms with Gasteiger partial charge >= 0.3 is 6.09 Å². The maximum Gasteiger partial charge on any atom is 0.415 e. The summed E-state index contributed by atoms with van der Waals surface area (Å²) in [6, 6.07) is 17.2. The van der Waals surface area contributed by atoms with Gasteiger partial charge in [0, 0.05) is 17.3 Å². The zero-order valence-electron chi connectivity index (χ0n) is 23.3. The molecule has 0 radical (unpaired) electrons. The highest BCUT2D eigenvalue weighted by atomic mass is 32.2. The average molecular weight is 554 g/mol. The molecule has 1 amide bonds. The van der Waals surface area contributed by atoms with Crippen molar-refractivity contribution >= 4 is 38.2 Å². The molecule has 0 aliphatic rings. The number of amides is 1. The predicted octanol–water partition coefficient (Wildman–Crippen LogP) is 5.43. The van der Waals surface area contributed by atoms with Gasteiger partial charge in [0.2, 0.25) is 0 Å². The summed E-state index contributed by atoms with van der Waals surface area (Å²) >= 11 is 0. The van der Waals surface area contributed by atoms with Crippen molar-refractivity contribution in [3.8, 4) is 0 Å². The lowest BCUT2D eigenvalue weighted by Crippen LogP contribution is -2.47. The van der Waals surface area contributed by atoms with Crippen molar-refractivity contribution in [1.82, 2.24) is 0 Å². The number of unbranched alkanes of at least 4 members (excludes halogenated alkanes) is 1. The lowest BCUT2D eigenvalue weighted by atomic mass is 10.0. The molecule has 3 rings (SSSR count). The molecular formula is C30H39N3O5S. The van der Waals surface area contributed by atoms with Crippen LogP contribution >= 0.6 is 0 Å². The summed E-state index contributed by atoms with van der Waals surface area (Å²) in [5.74, 6) is -0.373. The van der Waals surface area contributed by atoms with Crippen molar-refractivity contribution in [2.24, 2.45) is 11.5 Å². The van der Waals surface area contributed by atoms with E-state index in [-0.39, 0.29) is 16.2 Å². The van der Waals surface area contributed by atoms with Gasteiger partial charge in [0.05, 0.1) is 4.90 Å². The molecule has 4 N–H and O–H groups in total. The number of nitrogens with two attached hydrogens (primary N) is 2.